The van der Waals surface area contributed by atoms with E-state index in [1.807, 2.05) is 0 Å². The van der Waals surface area contributed by atoms with Crippen LogP contribution in [0, 0.1) is 0 Å². The second kappa shape index (κ2) is 2.90. The molecule has 0 atom stereocenters. The predicted octanol–water partition coefficient (Wildman–Crippen LogP) is 0.234. The predicted molar refractivity (Wildman–Crippen MR) is 41.1 cm³/mol. The first-order valence-electron chi connectivity index (χ1n) is 3.82. The Labute approximate surface area is 64.9 Å². The van der Waals surface area contributed by atoms with Gasteiger partial charge in [-0.1, -0.05) is 0 Å². The summed E-state index contributed by atoms with van der Waals surface area (Å²) in [6, 6.07) is 0. The maximum atomic E-state index is 5.26. The average molecular weight is 154 g/mol. The fourth-order valence-electron chi connectivity index (χ4n) is 1.05. The summed E-state index contributed by atoms with van der Waals surface area (Å²) in [6.45, 7) is 2.97. The van der Waals surface area contributed by atoms with Gasteiger partial charge < -0.3 is 9.47 Å². The quantitative estimate of drug-likeness (QED) is 0.542. The minimum atomic E-state index is 0.588. The topological polar surface area (TPSA) is 43.2 Å². The van der Waals surface area contributed by atoms with E-state index in [9.17, 15) is 0 Å². The van der Waals surface area contributed by atoms with Gasteiger partial charge in [0.1, 0.15) is 6.61 Å². The monoisotopic (exact) mass is 154 g/mol. The second-order valence-corrected chi connectivity index (χ2v) is 2.42. The highest BCUT2D eigenvalue weighted by molar-refractivity contribution is 6.35. The van der Waals surface area contributed by atoms with Crippen molar-refractivity contribution >= 4 is 11.8 Å². The van der Waals surface area contributed by atoms with Crippen LogP contribution in [0.25, 0.3) is 0 Å². The summed E-state index contributed by atoms with van der Waals surface area (Å²) in [4.78, 5) is 8.25. The molecule has 4 nitrogen and oxygen atoms in total. The Morgan fingerprint density at radius 2 is 1.64 bits per heavy atom. The van der Waals surface area contributed by atoms with Crippen molar-refractivity contribution in [2.75, 3.05) is 26.3 Å². The molecule has 0 aromatic rings. The van der Waals surface area contributed by atoms with Crippen LogP contribution in [-0.4, -0.2) is 38.1 Å². The van der Waals surface area contributed by atoms with E-state index in [-0.39, 0.29) is 0 Å². The standard InChI is InChI=1S/C7H10N2O2/c1-2-8-6(10-4-1)7-9-3-5-11-7/h1-5H2. The van der Waals surface area contributed by atoms with E-state index >= 15 is 0 Å². The molecule has 0 amide bonds. The average Bonchev–Trinajstić information content (AvgIpc) is 2.58. The van der Waals surface area contributed by atoms with Gasteiger partial charge in [-0.05, 0) is 0 Å². The van der Waals surface area contributed by atoms with Crippen molar-refractivity contribution in [2.24, 2.45) is 9.98 Å². The fraction of sp³-hybridized carbons (Fsp3) is 0.714. The van der Waals surface area contributed by atoms with Crippen molar-refractivity contribution in [3.63, 3.8) is 0 Å². The van der Waals surface area contributed by atoms with E-state index in [0.717, 1.165) is 26.1 Å². The van der Waals surface area contributed by atoms with Crippen molar-refractivity contribution in [1.82, 2.24) is 0 Å². The lowest BCUT2D eigenvalue weighted by Gasteiger charge is -2.12. The Bertz CT molecular complexity index is 210. The summed E-state index contributed by atoms with van der Waals surface area (Å²) < 4.78 is 10.4. The van der Waals surface area contributed by atoms with Crippen LogP contribution in [0.4, 0.5) is 0 Å². The Kier molecular flexibility index (Phi) is 1.75. The molecule has 0 N–H and O–H groups in total. The lowest BCUT2D eigenvalue weighted by Crippen LogP contribution is -2.23. The SMILES string of the molecule is C1CN=C(C2=NCCO2)OC1. The van der Waals surface area contributed by atoms with E-state index in [0.29, 0.717) is 18.4 Å². The molecule has 2 aliphatic heterocycles. The van der Waals surface area contributed by atoms with Gasteiger partial charge >= 0.3 is 0 Å². The second-order valence-electron chi connectivity index (χ2n) is 2.42. The highest BCUT2D eigenvalue weighted by Crippen LogP contribution is 2.03. The van der Waals surface area contributed by atoms with Gasteiger partial charge in [-0.25, -0.2) is 9.98 Å². The number of aliphatic imine (C=N–C) groups is 2. The van der Waals surface area contributed by atoms with Crippen molar-refractivity contribution in [2.45, 2.75) is 6.42 Å². The molecular weight excluding hydrogens is 144 g/mol. The Balaban J connectivity index is 2.07. The van der Waals surface area contributed by atoms with Crippen LogP contribution in [0.5, 0.6) is 0 Å². The van der Waals surface area contributed by atoms with E-state index in [4.69, 9.17) is 9.47 Å². The fourth-order valence-corrected chi connectivity index (χ4v) is 1.05. The van der Waals surface area contributed by atoms with Gasteiger partial charge in [-0.3, -0.25) is 0 Å². The first kappa shape index (κ1) is 6.64. The minimum absolute atomic E-state index is 0.588. The van der Waals surface area contributed by atoms with E-state index in [1.165, 1.54) is 0 Å². The zero-order valence-electron chi connectivity index (χ0n) is 6.25. The molecule has 2 rings (SSSR count). The summed E-state index contributed by atoms with van der Waals surface area (Å²) in [7, 11) is 0. The molecule has 2 aliphatic rings. The summed E-state index contributed by atoms with van der Waals surface area (Å²) in [5, 5.41) is 0. The summed E-state index contributed by atoms with van der Waals surface area (Å²) in [5.74, 6) is 1.18. The van der Waals surface area contributed by atoms with Crippen molar-refractivity contribution < 1.29 is 9.47 Å². The highest BCUT2D eigenvalue weighted by Gasteiger charge is 2.18. The largest absolute Gasteiger partial charge is 0.474 e. The third-order valence-electron chi connectivity index (χ3n) is 1.57. The molecule has 0 aliphatic carbocycles. The molecule has 0 spiro atoms. The molecule has 4 heteroatoms. The van der Waals surface area contributed by atoms with Crippen LogP contribution in [0.2, 0.25) is 0 Å². The number of hydrogen-bond donors (Lipinski definition) is 0. The van der Waals surface area contributed by atoms with Gasteiger partial charge in [0.2, 0.25) is 0 Å². The Hall–Kier alpha value is -1.06. The van der Waals surface area contributed by atoms with Gasteiger partial charge in [0.25, 0.3) is 11.8 Å². The first-order valence-corrected chi connectivity index (χ1v) is 3.82. The molecule has 0 radical (unpaired) electrons. The van der Waals surface area contributed by atoms with Gasteiger partial charge in [0.05, 0.1) is 13.2 Å². The molecule has 0 aromatic carbocycles. The van der Waals surface area contributed by atoms with Crippen LogP contribution in [0.3, 0.4) is 0 Å². The molecule has 2 heterocycles. The highest BCUT2D eigenvalue weighted by atomic mass is 16.5. The zero-order valence-corrected chi connectivity index (χ0v) is 6.25. The molecule has 0 saturated heterocycles. The molecule has 0 saturated carbocycles. The third kappa shape index (κ3) is 1.34. The maximum absolute atomic E-state index is 5.26. The smallest absolute Gasteiger partial charge is 0.273 e. The van der Waals surface area contributed by atoms with Crippen molar-refractivity contribution in [1.29, 1.82) is 0 Å². The Morgan fingerprint density at radius 3 is 2.18 bits per heavy atom. The number of hydrogen-bond acceptors (Lipinski definition) is 4. The molecule has 60 valence electrons. The van der Waals surface area contributed by atoms with E-state index < -0.39 is 0 Å². The van der Waals surface area contributed by atoms with Crippen LogP contribution in [0.15, 0.2) is 9.98 Å². The number of nitrogens with zero attached hydrogens (tertiary/aromatic N) is 2. The summed E-state index contributed by atoms with van der Waals surface area (Å²) >= 11 is 0. The molecule has 0 aromatic heterocycles. The van der Waals surface area contributed by atoms with Crippen molar-refractivity contribution in [3.05, 3.63) is 0 Å². The number of rotatable bonds is 1. The molecule has 0 unspecified atom stereocenters. The summed E-state index contributed by atoms with van der Waals surface area (Å²) in [5.41, 5.74) is 0. The van der Waals surface area contributed by atoms with E-state index in [2.05, 4.69) is 9.98 Å². The van der Waals surface area contributed by atoms with Gasteiger partial charge in [0.15, 0.2) is 0 Å². The van der Waals surface area contributed by atoms with Crippen LogP contribution in [-0.2, 0) is 9.47 Å². The first-order chi connectivity index (χ1) is 5.47. The van der Waals surface area contributed by atoms with Crippen LogP contribution < -0.4 is 0 Å². The Morgan fingerprint density at radius 1 is 0.909 bits per heavy atom. The van der Waals surface area contributed by atoms with Crippen molar-refractivity contribution in [3.8, 4) is 0 Å². The minimum Gasteiger partial charge on any atom is -0.474 e. The molecule has 0 bridgehead atoms. The number of ether oxygens (including phenoxy) is 2. The maximum Gasteiger partial charge on any atom is 0.273 e. The lowest BCUT2D eigenvalue weighted by atomic mass is 10.4. The van der Waals surface area contributed by atoms with Gasteiger partial charge in [0, 0.05) is 13.0 Å². The molecule has 0 fully saturated rings. The molecule has 11 heavy (non-hydrogen) atoms. The van der Waals surface area contributed by atoms with Gasteiger partial charge in [-0.2, -0.15) is 0 Å². The summed E-state index contributed by atoms with van der Waals surface area (Å²) in [6.07, 6.45) is 0.997. The third-order valence-corrected chi connectivity index (χ3v) is 1.57. The van der Waals surface area contributed by atoms with Crippen LogP contribution >= 0.6 is 0 Å². The van der Waals surface area contributed by atoms with E-state index in [1.54, 1.807) is 0 Å². The molecular formula is C7H10N2O2. The van der Waals surface area contributed by atoms with Crippen LogP contribution in [0.1, 0.15) is 6.42 Å². The normalized spacial score (nSPS) is 23.3. The van der Waals surface area contributed by atoms with Gasteiger partial charge in [-0.15, -0.1) is 0 Å². The lowest BCUT2D eigenvalue weighted by molar-refractivity contribution is 0.273. The zero-order chi connectivity index (χ0) is 7.52.